The van der Waals surface area contributed by atoms with Crippen molar-refractivity contribution in [2.45, 2.75) is 44.7 Å². The molecule has 0 bridgehead atoms. The van der Waals surface area contributed by atoms with Gasteiger partial charge >= 0.3 is 0 Å². The van der Waals surface area contributed by atoms with Gasteiger partial charge < -0.3 is 14.8 Å². The van der Waals surface area contributed by atoms with Crippen LogP contribution in [0.4, 0.5) is 0 Å². The van der Waals surface area contributed by atoms with Crippen molar-refractivity contribution in [3.05, 3.63) is 23.5 Å². The van der Waals surface area contributed by atoms with Gasteiger partial charge in [-0.1, -0.05) is 0 Å². The Bertz CT molecular complexity index is 437. The number of hydrogen-bond acceptors (Lipinski definition) is 2. The standard InChI is InChI=1S/C15H25N3O/c1-16-14-7-4-6-12-10-18(11-13(12)14)9-5-8-15(19)17(2)3/h10-11,14,16H,4-9H2,1-3H3. The highest BCUT2D eigenvalue weighted by Crippen LogP contribution is 2.30. The molecule has 106 valence electrons. The molecule has 1 aliphatic rings. The summed E-state index contributed by atoms with van der Waals surface area (Å²) in [5.74, 6) is 0.213. The number of rotatable bonds is 5. The number of amides is 1. The van der Waals surface area contributed by atoms with Crippen molar-refractivity contribution in [2.75, 3.05) is 21.1 Å². The summed E-state index contributed by atoms with van der Waals surface area (Å²) in [6.45, 7) is 0.934. The molecular formula is C15H25N3O. The second kappa shape index (κ2) is 6.24. The predicted octanol–water partition coefficient (Wildman–Crippen LogP) is 1.95. The Morgan fingerprint density at radius 2 is 2.26 bits per heavy atom. The zero-order valence-corrected chi connectivity index (χ0v) is 12.3. The average molecular weight is 263 g/mol. The number of hydrogen-bond donors (Lipinski definition) is 1. The summed E-state index contributed by atoms with van der Waals surface area (Å²) < 4.78 is 2.25. The topological polar surface area (TPSA) is 37.3 Å². The van der Waals surface area contributed by atoms with E-state index in [1.54, 1.807) is 4.90 Å². The molecule has 0 saturated heterocycles. The van der Waals surface area contributed by atoms with Crippen LogP contribution in [-0.2, 0) is 17.8 Å². The van der Waals surface area contributed by atoms with Crippen molar-refractivity contribution < 1.29 is 4.79 Å². The molecule has 4 nitrogen and oxygen atoms in total. The van der Waals surface area contributed by atoms with Crippen LogP contribution >= 0.6 is 0 Å². The molecule has 1 heterocycles. The molecular weight excluding hydrogens is 238 g/mol. The van der Waals surface area contributed by atoms with Crippen molar-refractivity contribution in [1.29, 1.82) is 0 Å². The minimum absolute atomic E-state index is 0.213. The molecule has 1 aromatic rings. The van der Waals surface area contributed by atoms with E-state index in [1.165, 1.54) is 30.4 Å². The molecule has 0 fully saturated rings. The summed E-state index contributed by atoms with van der Waals surface area (Å²) in [4.78, 5) is 13.2. The fraction of sp³-hybridized carbons (Fsp3) is 0.667. The van der Waals surface area contributed by atoms with Crippen LogP contribution in [0.2, 0.25) is 0 Å². The first kappa shape index (κ1) is 14.1. The summed E-state index contributed by atoms with van der Waals surface area (Å²) in [7, 11) is 5.66. The second-order valence-electron chi connectivity index (χ2n) is 5.60. The van der Waals surface area contributed by atoms with E-state index in [9.17, 15) is 4.79 Å². The van der Waals surface area contributed by atoms with E-state index in [0.29, 0.717) is 12.5 Å². The number of nitrogens with one attached hydrogen (secondary N) is 1. The molecule has 19 heavy (non-hydrogen) atoms. The smallest absolute Gasteiger partial charge is 0.222 e. The van der Waals surface area contributed by atoms with Gasteiger partial charge in [-0.25, -0.2) is 0 Å². The zero-order chi connectivity index (χ0) is 13.8. The third kappa shape index (κ3) is 3.38. The maximum absolute atomic E-state index is 11.5. The molecule has 1 aliphatic carbocycles. The van der Waals surface area contributed by atoms with Crippen LogP contribution in [0.5, 0.6) is 0 Å². The van der Waals surface area contributed by atoms with Crippen molar-refractivity contribution in [3.63, 3.8) is 0 Å². The average Bonchev–Trinajstić information content (AvgIpc) is 2.80. The Hall–Kier alpha value is -1.29. The highest BCUT2D eigenvalue weighted by atomic mass is 16.2. The maximum Gasteiger partial charge on any atom is 0.222 e. The lowest BCUT2D eigenvalue weighted by Crippen LogP contribution is -2.21. The van der Waals surface area contributed by atoms with Gasteiger partial charge in [-0.3, -0.25) is 4.79 Å². The quantitative estimate of drug-likeness (QED) is 0.881. The Balaban J connectivity index is 1.92. The van der Waals surface area contributed by atoms with E-state index in [0.717, 1.165) is 13.0 Å². The van der Waals surface area contributed by atoms with Gasteiger partial charge in [-0.2, -0.15) is 0 Å². The lowest BCUT2D eigenvalue weighted by atomic mass is 9.91. The fourth-order valence-corrected chi connectivity index (χ4v) is 2.81. The predicted molar refractivity (Wildman–Crippen MR) is 77.1 cm³/mol. The van der Waals surface area contributed by atoms with Crippen LogP contribution in [0.15, 0.2) is 12.4 Å². The molecule has 2 rings (SSSR count). The van der Waals surface area contributed by atoms with Crippen LogP contribution in [-0.4, -0.2) is 36.5 Å². The van der Waals surface area contributed by atoms with Crippen molar-refractivity contribution in [2.24, 2.45) is 0 Å². The monoisotopic (exact) mass is 263 g/mol. The van der Waals surface area contributed by atoms with Gasteiger partial charge in [-0.05, 0) is 43.9 Å². The summed E-state index contributed by atoms with van der Waals surface area (Å²) in [6.07, 6.45) is 9.75. The van der Waals surface area contributed by atoms with E-state index in [4.69, 9.17) is 0 Å². The van der Waals surface area contributed by atoms with Crippen molar-refractivity contribution >= 4 is 5.91 Å². The molecule has 0 aliphatic heterocycles. The van der Waals surface area contributed by atoms with Gasteiger partial charge in [0.1, 0.15) is 0 Å². The minimum atomic E-state index is 0.213. The van der Waals surface area contributed by atoms with Crippen LogP contribution < -0.4 is 5.32 Å². The molecule has 0 saturated carbocycles. The summed E-state index contributed by atoms with van der Waals surface area (Å²) >= 11 is 0. The van der Waals surface area contributed by atoms with Crippen molar-refractivity contribution in [1.82, 2.24) is 14.8 Å². The maximum atomic E-state index is 11.5. The lowest BCUT2D eigenvalue weighted by molar-refractivity contribution is -0.128. The number of carbonyl (C=O) groups is 1. The minimum Gasteiger partial charge on any atom is -0.354 e. The molecule has 1 aromatic heterocycles. The van der Waals surface area contributed by atoms with Crippen LogP contribution in [0.3, 0.4) is 0 Å². The number of aryl methyl sites for hydroxylation is 2. The van der Waals surface area contributed by atoms with Gasteiger partial charge in [0, 0.05) is 45.5 Å². The van der Waals surface area contributed by atoms with Crippen LogP contribution in [0.25, 0.3) is 0 Å². The van der Waals surface area contributed by atoms with Crippen LogP contribution in [0.1, 0.15) is 42.9 Å². The van der Waals surface area contributed by atoms with E-state index in [2.05, 4.69) is 22.3 Å². The van der Waals surface area contributed by atoms with E-state index in [-0.39, 0.29) is 5.91 Å². The lowest BCUT2D eigenvalue weighted by Gasteiger charge is -2.21. The number of aromatic nitrogens is 1. The largest absolute Gasteiger partial charge is 0.354 e. The Morgan fingerprint density at radius 1 is 1.47 bits per heavy atom. The molecule has 1 unspecified atom stereocenters. The van der Waals surface area contributed by atoms with Crippen LogP contribution in [0, 0.1) is 0 Å². The third-order valence-electron chi connectivity index (χ3n) is 3.97. The summed E-state index contributed by atoms with van der Waals surface area (Å²) in [6, 6.07) is 0.508. The van der Waals surface area contributed by atoms with E-state index >= 15 is 0 Å². The Kier molecular flexibility index (Phi) is 4.64. The van der Waals surface area contributed by atoms with Crippen molar-refractivity contribution in [3.8, 4) is 0 Å². The molecule has 0 radical (unpaired) electrons. The first-order valence-corrected chi connectivity index (χ1v) is 7.17. The molecule has 1 atom stereocenters. The normalized spacial score (nSPS) is 18.2. The van der Waals surface area contributed by atoms with Gasteiger partial charge in [0.25, 0.3) is 0 Å². The van der Waals surface area contributed by atoms with Gasteiger partial charge in [-0.15, -0.1) is 0 Å². The van der Waals surface area contributed by atoms with Gasteiger partial charge in [0.05, 0.1) is 0 Å². The molecule has 0 aromatic carbocycles. The number of carbonyl (C=O) groups excluding carboxylic acids is 1. The molecule has 0 spiro atoms. The highest BCUT2D eigenvalue weighted by Gasteiger charge is 2.20. The highest BCUT2D eigenvalue weighted by molar-refractivity contribution is 5.75. The third-order valence-corrected chi connectivity index (χ3v) is 3.97. The van der Waals surface area contributed by atoms with Gasteiger partial charge in [0.15, 0.2) is 0 Å². The zero-order valence-electron chi connectivity index (χ0n) is 12.3. The Morgan fingerprint density at radius 3 is 2.95 bits per heavy atom. The van der Waals surface area contributed by atoms with E-state index < -0.39 is 0 Å². The fourth-order valence-electron chi connectivity index (χ4n) is 2.81. The van der Waals surface area contributed by atoms with E-state index in [1.807, 2.05) is 21.1 Å². The molecule has 4 heteroatoms. The number of nitrogens with zero attached hydrogens (tertiary/aromatic N) is 2. The number of fused-ring (bicyclic) bond motifs is 1. The second-order valence-corrected chi connectivity index (χ2v) is 5.60. The summed E-state index contributed by atoms with van der Waals surface area (Å²) in [5.41, 5.74) is 2.93. The molecule has 1 N–H and O–H groups in total. The van der Waals surface area contributed by atoms with Gasteiger partial charge in [0.2, 0.25) is 5.91 Å². The summed E-state index contributed by atoms with van der Waals surface area (Å²) in [5, 5.41) is 3.39. The first-order valence-electron chi connectivity index (χ1n) is 7.17. The SMILES string of the molecule is CNC1CCCc2cn(CCCC(=O)N(C)C)cc21. The molecule has 1 amide bonds. The Labute approximate surface area is 115 Å². The first-order chi connectivity index (χ1) is 9.11.